The van der Waals surface area contributed by atoms with Crippen LogP contribution in [0.4, 0.5) is 0 Å². The largest absolute Gasteiger partial charge is 0.0654 e. The predicted octanol–water partition coefficient (Wildman–Crippen LogP) is 4.89. The molecular weight excluding hydrogens is 168 g/mol. The molecule has 0 amide bonds. The van der Waals surface area contributed by atoms with Gasteiger partial charge in [-0.15, -0.1) is 0 Å². The lowest BCUT2D eigenvalue weighted by atomic mass is 9.73. The fourth-order valence-electron chi connectivity index (χ4n) is 3.01. The van der Waals surface area contributed by atoms with Gasteiger partial charge >= 0.3 is 0 Å². The third-order valence-corrected chi connectivity index (χ3v) is 4.94. The Labute approximate surface area is 90.5 Å². The Hall–Kier alpha value is 0. The summed E-state index contributed by atoms with van der Waals surface area (Å²) in [7, 11) is 0. The minimum Gasteiger partial charge on any atom is -0.0654 e. The Morgan fingerprint density at radius 3 is 2.00 bits per heavy atom. The predicted molar refractivity (Wildman–Crippen MR) is 64.4 cm³/mol. The first kappa shape index (κ1) is 12.1. The molecule has 0 spiro atoms. The van der Waals surface area contributed by atoms with Gasteiger partial charge in [0.25, 0.3) is 0 Å². The van der Waals surface area contributed by atoms with Crippen LogP contribution in [0.3, 0.4) is 0 Å². The lowest BCUT2D eigenvalue weighted by Gasteiger charge is -2.32. The summed E-state index contributed by atoms with van der Waals surface area (Å²) in [5, 5.41) is 0. The quantitative estimate of drug-likeness (QED) is 0.567. The molecule has 84 valence electrons. The molecule has 0 radical (unpaired) electrons. The van der Waals surface area contributed by atoms with E-state index in [0.717, 1.165) is 23.2 Å². The number of hydrogen-bond donors (Lipinski definition) is 0. The van der Waals surface area contributed by atoms with Crippen LogP contribution < -0.4 is 0 Å². The van der Waals surface area contributed by atoms with Crippen LogP contribution in [-0.2, 0) is 0 Å². The molecule has 0 aromatic rings. The van der Waals surface area contributed by atoms with Gasteiger partial charge in [-0.3, -0.25) is 0 Å². The Balaban J connectivity index is 2.51. The van der Waals surface area contributed by atoms with E-state index >= 15 is 0 Å². The van der Waals surface area contributed by atoms with Crippen molar-refractivity contribution < 1.29 is 0 Å². The van der Waals surface area contributed by atoms with Crippen LogP contribution in [-0.4, -0.2) is 0 Å². The second-order valence-corrected chi connectivity index (χ2v) is 5.65. The average Bonchev–Trinajstić information content (AvgIpc) is 2.96. The van der Waals surface area contributed by atoms with Gasteiger partial charge in [0, 0.05) is 0 Å². The maximum absolute atomic E-state index is 2.50. The van der Waals surface area contributed by atoms with Crippen molar-refractivity contribution in [3.63, 3.8) is 0 Å². The van der Waals surface area contributed by atoms with Crippen LogP contribution >= 0.6 is 0 Å². The van der Waals surface area contributed by atoms with E-state index in [1.165, 1.54) is 32.1 Å². The SMILES string of the molecule is CCCC1(C(C)C(C)C(C)CC)CC1. The van der Waals surface area contributed by atoms with Crippen molar-refractivity contribution in [1.82, 2.24) is 0 Å². The zero-order valence-electron chi connectivity index (χ0n) is 10.8. The molecular formula is C14H28. The summed E-state index contributed by atoms with van der Waals surface area (Å²) >= 11 is 0. The minimum atomic E-state index is 0.762. The van der Waals surface area contributed by atoms with E-state index in [0.29, 0.717) is 0 Å². The highest BCUT2D eigenvalue weighted by Crippen LogP contribution is 2.58. The highest BCUT2D eigenvalue weighted by Gasteiger charge is 2.48. The van der Waals surface area contributed by atoms with Gasteiger partial charge in [-0.2, -0.15) is 0 Å². The van der Waals surface area contributed by atoms with Crippen molar-refractivity contribution in [1.29, 1.82) is 0 Å². The van der Waals surface area contributed by atoms with E-state index in [4.69, 9.17) is 0 Å². The summed E-state index contributed by atoms with van der Waals surface area (Å²) in [6.45, 7) is 12.0. The smallest absolute Gasteiger partial charge is 0.0269 e. The molecule has 1 saturated carbocycles. The van der Waals surface area contributed by atoms with Crippen molar-refractivity contribution in [3.8, 4) is 0 Å². The first-order valence-electron chi connectivity index (χ1n) is 6.57. The van der Waals surface area contributed by atoms with Gasteiger partial charge < -0.3 is 0 Å². The average molecular weight is 196 g/mol. The molecule has 0 bridgehead atoms. The first-order chi connectivity index (χ1) is 6.57. The van der Waals surface area contributed by atoms with Crippen LogP contribution in [0.2, 0.25) is 0 Å². The van der Waals surface area contributed by atoms with Crippen molar-refractivity contribution >= 4 is 0 Å². The summed E-state index contributed by atoms with van der Waals surface area (Å²) in [4.78, 5) is 0. The normalized spacial score (nSPS) is 25.5. The maximum Gasteiger partial charge on any atom is -0.0269 e. The standard InChI is InChI=1S/C14H28/c1-6-8-14(9-10-14)13(5)12(4)11(3)7-2/h11-13H,6-10H2,1-5H3. The van der Waals surface area contributed by atoms with Crippen LogP contribution in [0.25, 0.3) is 0 Å². The fourth-order valence-corrected chi connectivity index (χ4v) is 3.01. The molecule has 0 aromatic carbocycles. The Morgan fingerprint density at radius 2 is 1.64 bits per heavy atom. The lowest BCUT2D eigenvalue weighted by Crippen LogP contribution is -2.24. The highest BCUT2D eigenvalue weighted by molar-refractivity contribution is 4.98. The Morgan fingerprint density at radius 1 is 1.07 bits per heavy atom. The summed E-state index contributed by atoms with van der Waals surface area (Å²) in [6, 6.07) is 0. The van der Waals surface area contributed by atoms with Crippen LogP contribution in [0.1, 0.15) is 66.7 Å². The second-order valence-electron chi connectivity index (χ2n) is 5.65. The topological polar surface area (TPSA) is 0 Å². The minimum absolute atomic E-state index is 0.762. The highest BCUT2D eigenvalue weighted by atomic mass is 14.5. The summed E-state index contributed by atoms with van der Waals surface area (Å²) < 4.78 is 0. The van der Waals surface area contributed by atoms with E-state index in [-0.39, 0.29) is 0 Å². The first-order valence-corrected chi connectivity index (χ1v) is 6.57. The molecule has 0 aromatic heterocycles. The van der Waals surface area contributed by atoms with Crippen molar-refractivity contribution in [2.24, 2.45) is 23.2 Å². The van der Waals surface area contributed by atoms with Crippen LogP contribution in [0.15, 0.2) is 0 Å². The van der Waals surface area contributed by atoms with Crippen molar-refractivity contribution in [2.45, 2.75) is 66.7 Å². The van der Waals surface area contributed by atoms with E-state index in [2.05, 4.69) is 34.6 Å². The third kappa shape index (κ3) is 2.32. The van der Waals surface area contributed by atoms with E-state index in [9.17, 15) is 0 Å². The van der Waals surface area contributed by atoms with Gasteiger partial charge in [0.15, 0.2) is 0 Å². The lowest BCUT2D eigenvalue weighted by molar-refractivity contribution is 0.171. The van der Waals surface area contributed by atoms with E-state index in [1.54, 1.807) is 0 Å². The molecule has 0 heteroatoms. The second kappa shape index (κ2) is 4.68. The molecule has 3 atom stereocenters. The van der Waals surface area contributed by atoms with Gasteiger partial charge in [-0.1, -0.05) is 47.5 Å². The summed E-state index contributed by atoms with van der Waals surface area (Å²) in [5.74, 6) is 2.76. The molecule has 0 saturated heterocycles. The molecule has 1 rings (SSSR count). The molecule has 0 heterocycles. The number of hydrogen-bond acceptors (Lipinski definition) is 0. The van der Waals surface area contributed by atoms with Gasteiger partial charge in [0.2, 0.25) is 0 Å². The molecule has 0 aliphatic heterocycles. The molecule has 0 N–H and O–H groups in total. The molecule has 0 nitrogen and oxygen atoms in total. The third-order valence-electron chi connectivity index (χ3n) is 4.94. The summed E-state index contributed by atoms with van der Waals surface area (Å²) in [5.41, 5.74) is 0.762. The van der Waals surface area contributed by atoms with Crippen LogP contribution in [0, 0.1) is 23.2 Å². The van der Waals surface area contributed by atoms with Crippen LogP contribution in [0.5, 0.6) is 0 Å². The van der Waals surface area contributed by atoms with Gasteiger partial charge in [-0.05, 0) is 42.4 Å². The monoisotopic (exact) mass is 196 g/mol. The van der Waals surface area contributed by atoms with E-state index < -0.39 is 0 Å². The molecule has 1 aliphatic carbocycles. The van der Waals surface area contributed by atoms with Gasteiger partial charge in [-0.25, -0.2) is 0 Å². The van der Waals surface area contributed by atoms with Gasteiger partial charge in [0.1, 0.15) is 0 Å². The molecule has 14 heavy (non-hydrogen) atoms. The molecule has 3 unspecified atom stereocenters. The van der Waals surface area contributed by atoms with E-state index in [1.807, 2.05) is 0 Å². The fraction of sp³-hybridized carbons (Fsp3) is 1.00. The molecule has 1 fully saturated rings. The zero-order valence-corrected chi connectivity index (χ0v) is 10.8. The maximum atomic E-state index is 2.50. The Kier molecular flexibility index (Phi) is 4.04. The van der Waals surface area contributed by atoms with Crippen molar-refractivity contribution in [2.75, 3.05) is 0 Å². The number of rotatable bonds is 6. The zero-order chi connectivity index (χ0) is 10.8. The van der Waals surface area contributed by atoms with Crippen molar-refractivity contribution in [3.05, 3.63) is 0 Å². The molecule has 1 aliphatic rings. The summed E-state index contributed by atoms with van der Waals surface area (Å²) in [6.07, 6.45) is 7.19. The Bertz CT molecular complexity index is 167. The van der Waals surface area contributed by atoms with Gasteiger partial charge in [0.05, 0.1) is 0 Å².